The second-order valence-electron chi connectivity index (χ2n) is 1.63. The molecule has 1 rings (SSSR count). The van der Waals surface area contributed by atoms with E-state index in [2.05, 4.69) is 15.8 Å². The van der Waals surface area contributed by atoms with E-state index in [0.29, 0.717) is 5.69 Å². The van der Waals surface area contributed by atoms with Gasteiger partial charge in [-0.1, -0.05) is 18.2 Å². The molecule has 0 aliphatic carbocycles. The summed E-state index contributed by atoms with van der Waals surface area (Å²) in [5.41, 5.74) is 3.01. The number of hydrogen-bond acceptors (Lipinski definition) is 4. The summed E-state index contributed by atoms with van der Waals surface area (Å²) < 4.78 is 0. The minimum Gasteiger partial charge on any atom is -0.232 e. The van der Waals surface area contributed by atoms with Gasteiger partial charge >= 0.3 is 0 Å². The number of rotatable bonds is 3. The highest BCUT2D eigenvalue weighted by molar-refractivity contribution is 5.75. The van der Waals surface area contributed by atoms with E-state index in [0.717, 1.165) is 0 Å². The van der Waals surface area contributed by atoms with E-state index in [1.54, 1.807) is 12.1 Å². The highest BCUT2D eigenvalue weighted by Crippen LogP contribution is 2.03. The standard InChI is InChI=1S/C6H6N2O2.Al/c9-8-10-7-6-4-2-1-3-5-6;/h1-5,7H;. The third-order valence-corrected chi connectivity index (χ3v) is 0.975. The van der Waals surface area contributed by atoms with Crippen molar-refractivity contribution in [2.75, 3.05) is 5.48 Å². The van der Waals surface area contributed by atoms with E-state index in [1.807, 2.05) is 18.2 Å². The Hall–Kier alpha value is -1.05. The maximum atomic E-state index is 9.44. The Morgan fingerprint density at radius 3 is 2.45 bits per heavy atom. The quantitative estimate of drug-likeness (QED) is 0.417. The summed E-state index contributed by atoms with van der Waals surface area (Å²) in [6.45, 7) is 0. The monoisotopic (exact) mass is 165 g/mol. The zero-order valence-corrected chi connectivity index (χ0v) is 6.88. The van der Waals surface area contributed by atoms with Crippen molar-refractivity contribution >= 4 is 23.0 Å². The summed E-state index contributed by atoms with van der Waals surface area (Å²) in [7, 11) is 0. The van der Waals surface area contributed by atoms with Gasteiger partial charge in [0.1, 0.15) is 0 Å². The molecule has 5 heteroatoms. The number of anilines is 1. The van der Waals surface area contributed by atoms with Crippen molar-refractivity contribution in [3.8, 4) is 0 Å². The van der Waals surface area contributed by atoms with Gasteiger partial charge in [0.05, 0.1) is 5.69 Å². The zero-order valence-electron chi connectivity index (χ0n) is 5.73. The lowest BCUT2D eigenvalue weighted by Crippen LogP contribution is -1.92. The van der Waals surface area contributed by atoms with E-state index < -0.39 is 0 Å². The first kappa shape index (κ1) is 9.95. The molecule has 1 aromatic rings. The molecule has 4 nitrogen and oxygen atoms in total. The van der Waals surface area contributed by atoms with E-state index in [1.165, 1.54) is 0 Å². The van der Waals surface area contributed by atoms with Crippen molar-refractivity contribution < 1.29 is 4.94 Å². The highest BCUT2D eigenvalue weighted by Gasteiger charge is 1.85. The maximum Gasteiger partial charge on any atom is 0.182 e. The maximum absolute atomic E-state index is 9.44. The Bertz CT molecular complexity index is 205. The Morgan fingerprint density at radius 2 is 1.91 bits per heavy atom. The third kappa shape index (κ3) is 3.61. The van der Waals surface area contributed by atoms with E-state index in [-0.39, 0.29) is 17.4 Å². The fourth-order valence-electron chi connectivity index (χ4n) is 0.578. The molecular weight excluding hydrogens is 159 g/mol. The predicted octanol–water partition coefficient (Wildman–Crippen LogP) is 1.33. The molecule has 0 unspecified atom stereocenters. The van der Waals surface area contributed by atoms with E-state index in [4.69, 9.17) is 0 Å². The third-order valence-electron chi connectivity index (χ3n) is 0.975. The Balaban J connectivity index is 0.000001000. The minimum absolute atomic E-state index is 0. The molecule has 1 N–H and O–H groups in total. The molecule has 0 aromatic heterocycles. The Kier molecular flexibility index (Phi) is 5.17. The lowest BCUT2D eigenvalue weighted by Gasteiger charge is -1.96. The average molecular weight is 165 g/mol. The fraction of sp³-hybridized carbons (Fsp3) is 0. The molecule has 0 aliphatic rings. The van der Waals surface area contributed by atoms with Crippen LogP contribution in [0.2, 0.25) is 0 Å². The first-order chi connectivity index (χ1) is 4.93. The summed E-state index contributed by atoms with van der Waals surface area (Å²) >= 11 is 0. The van der Waals surface area contributed by atoms with Crippen LogP contribution in [0.15, 0.2) is 35.7 Å². The van der Waals surface area contributed by atoms with Gasteiger partial charge in [-0.15, -0.1) is 4.91 Å². The predicted molar refractivity (Wildman–Crippen MR) is 42.7 cm³/mol. The van der Waals surface area contributed by atoms with Crippen LogP contribution in [0.4, 0.5) is 5.69 Å². The first-order valence-electron chi connectivity index (χ1n) is 2.73. The second kappa shape index (κ2) is 5.72. The zero-order chi connectivity index (χ0) is 7.23. The molecule has 0 aliphatic heterocycles. The van der Waals surface area contributed by atoms with Gasteiger partial charge in [0.2, 0.25) is 0 Å². The summed E-state index contributed by atoms with van der Waals surface area (Å²) in [6.07, 6.45) is 0. The van der Waals surface area contributed by atoms with Crippen LogP contribution in [0.1, 0.15) is 0 Å². The van der Waals surface area contributed by atoms with Crippen molar-refractivity contribution in [3.63, 3.8) is 0 Å². The van der Waals surface area contributed by atoms with Gasteiger partial charge in [0.25, 0.3) is 0 Å². The van der Waals surface area contributed by atoms with Crippen LogP contribution >= 0.6 is 0 Å². The number of nitrogens with zero attached hydrogens (tertiary/aromatic N) is 1. The molecule has 1 aromatic carbocycles. The summed E-state index contributed by atoms with van der Waals surface area (Å²) in [4.78, 5) is 13.5. The van der Waals surface area contributed by atoms with Crippen LogP contribution in [0.3, 0.4) is 0 Å². The molecule has 55 valence electrons. The normalized spacial score (nSPS) is 7.64. The van der Waals surface area contributed by atoms with Crippen LogP contribution in [0, 0.1) is 4.91 Å². The van der Waals surface area contributed by atoms with E-state index in [9.17, 15) is 4.91 Å². The van der Waals surface area contributed by atoms with Gasteiger partial charge in [-0.25, -0.2) is 4.94 Å². The molecule has 3 radical (unpaired) electrons. The van der Waals surface area contributed by atoms with Crippen molar-refractivity contribution in [2.45, 2.75) is 0 Å². The van der Waals surface area contributed by atoms with Crippen molar-refractivity contribution in [2.24, 2.45) is 5.34 Å². The van der Waals surface area contributed by atoms with Gasteiger partial charge in [-0.3, -0.25) is 0 Å². The number of para-hydroxylation sites is 1. The summed E-state index contributed by atoms with van der Waals surface area (Å²) in [6, 6.07) is 9.00. The minimum atomic E-state index is 0. The van der Waals surface area contributed by atoms with Crippen molar-refractivity contribution in [1.29, 1.82) is 0 Å². The lowest BCUT2D eigenvalue weighted by molar-refractivity contribution is 0.203. The number of hydrogen-bond donors (Lipinski definition) is 1. The summed E-state index contributed by atoms with van der Waals surface area (Å²) in [5, 5.41) is 2.17. The van der Waals surface area contributed by atoms with Crippen LogP contribution in [0.5, 0.6) is 0 Å². The second-order valence-corrected chi connectivity index (χ2v) is 1.63. The molecule has 0 heterocycles. The van der Waals surface area contributed by atoms with E-state index >= 15 is 0 Å². The molecule has 0 amide bonds. The first-order valence-corrected chi connectivity index (χ1v) is 2.73. The largest absolute Gasteiger partial charge is 0.232 e. The van der Waals surface area contributed by atoms with Crippen LogP contribution < -0.4 is 5.48 Å². The Labute approximate surface area is 74.6 Å². The molecule has 0 atom stereocenters. The SMILES string of the molecule is O=NONc1ccccc1.[Al]. The van der Waals surface area contributed by atoms with Gasteiger partial charge < -0.3 is 0 Å². The lowest BCUT2D eigenvalue weighted by atomic mass is 10.3. The molecule has 0 bridgehead atoms. The van der Waals surface area contributed by atoms with Crippen LogP contribution in [-0.4, -0.2) is 17.4 Å². The van der Waals surface area contributed by atoms with Crippen molar-refractivity contribution in [3.05, 3.63) is 35.2 Å². The molecule has 0 spiro atoms. The molecule has 11 heavy (non-hydrogen) atoms. The molecule has 0 fully saturated rings. The fourth-order valence-corrected chi connectivity index (χ4v) is 0.578. The molecular formula is C6H6AlN2O2. The molecule has 0 saturated carbocycles. The topological polar surface area (TPSA) is 50.7 Å². The van der Waals surface area contributed by atoms with Crippen molar-refractivity contribution in [1.82, 2.24) is 0 Å². The van der Waals surface area contributed by atoms with Gasteiger partial charge in [-0.2, -0.15) is 5.48 Å². The Morgan fingerprint density at radius 1 is 1.27 bits per heavy atom. The van der Waals surface area contributed by atoms with Gasteiger partial charge in [0.15, 0.2) is 5.34 Å². The van der Waals surface area contributed by atoms with Crippen LogP contribution in [-0.2, 0) is 4.94 Å². The van der Waals surface area contributed by atoms with Crippen LogP contribution in [0.25, 0.3) is 0 Å². The highest BCUT2D eigenvalue weighted by atomic mass is 27.0. The van der Waals surface area contributed by atoms with Gasteiger partial charge in [-0.05, 0) is 12.1 Å². The smallest absolute Gasteiger partial charge is 0.182 e. The summed E-state index contributed by atoms with van der Waals surface area (Å²) in [5.74, 6) is 0. The average Bonchev–Trinajstić information content (AvgIpc) is 2.03. The molecule has 0 saturated heterocycles. The number of nitrogens with one attached hydrogen (secondary N) is 1. The van der Waals surface area contributed by atoms with Gasteiger partial charge in [0, 0.05) is 17.4 Å². The number of benzene rings is 1.